The van der Waals surface area contributed by atoms with Crippen LogP contribution in [-0.2, 0) is 4.79 Å². The van der Waals surface area contributed by atoms with Crippen molar-refractivity contribution in [2.75, 3.05) is 23.9 Å². The van der Waals surface area contributed by atoms with Gasteiger partial charge in [-0.25, -0.2) is 14.9 Å². The largest absolute Gasteiger partial charge is 0.378 e. The number of amidine groups is 1. The number of carbonyl (C=O) groups is 1. The summed E-state index contributed by atoms with van der Waals surface area (Å²) in [5.41, 5.74) is 3.32. The molecule has 1 aliphatic heterocycles. The van der Waals surface area contributed by atoms with E-state index in [9.17, 15) is 4.79 Å². The van der Waals surface area contributed by atoms with E-state index in [1.54, 1.807) is 11.1 Å². The number of nitrogens with zero attached hydrogens (tertiary/aromatic N) is 4. The second-order valence-electron chi connectivity index (χ2n) is 6.27. The van der Waals surface area contributed by atoms with Crippen LogP contribution in [-0.4, -0.2) is 30.8 Å². The first-order valence-electron chi connectivity index (χ1n) is 8.50. The lowest BCUT2D eigenvalue weighted by Crippen LogP contribution is -2.32. The van der Waals surface area contributed by atoms with Crippen molar-refractivity contribution >= 4 is 40.0 Å². The molecule has 4 rings (SSSR count). The highest BCUT2D eigenvalue weighted by Crippen LogP contribution is 2.29. The second-order valence-corrected chi connectivity index (χ2v) is 7.15. The van der Waals surface area contributed by atoms with Gasteiger partial charge in [-0.1, -0.05) is 42.5 Å². The maximum atomic E-state index is 13.1. The number of aliphatic imine (C=N–C) groups is 1. The van der Waals surface area contributed by atoms with E-state index < -0.39 is 0 Å². The quantitative estimate of drug-likeness (QED) is 0.648. The summed E-state index contributed by atoms with van der Waals surface area (Å²) in [6.07, 6.45) is 3.51. The van der Waals surface area contributed by atoms with E-state index in [2.05, 4.69) is 9.98 Å². The number of aromatic nitrogens is 1. The van der Waals surface area contributed by atoms with Crippen molar-refractivity contribution < 1.29 is 4.79 Å². The summed E-state index contributed by atoms with van der Waals surface area (Å²) >= 11 is 1.42. The monoisotopic (exact) mass is 374 g/mol. The Balaban J connectivity index is 1.75. The zero-order valence-electron chi connectivity index (χ0n) is 15.0. The van der Waals surface area contributed by atoms with Gasteiger partial charge < -0.3 is 4.90 Å². The summed E-state index contributed by atoms with van der Waals surface area (Å²) in [5.74, 6) is 0.437. The minimum atomic E-state index is -0.166. The minimum absolute atomic E-state index is 0.166. The van der Waals surface area contributed by atoms with Gasteiger partial charge in [0.2, 0.25) is 0 Å². The highest BCUT2D eigenvalue weighted by Gasteiger charge is 2.33. The average Bonchev–Trinajstić information content (AvgIpc) is 3.31. The first-order chi connectivity index (χ1) is 13.1. The van der Waals surface area contributed by atoms with E-state index in [1.165, 1.54) is 11.3 Å². The molecule has 0 saturated carbocycles. The molecule has 0 unspecified atom stereocenters. The Bertz CT molecular complexity index is 1010. The smallest absolute Gasteiger partial charge is 0.284 e. The van der Waals surface area contributed by atoms with Crippen molar-refractivity contribution in [3.63, 3.8) is 0 Å². The van der Waals surface area contributed by atoms with Crippen LogP contribution in [0.15, 0.2) is 76.9 Å². The molecule has 2 aromatic carbocycles. The van der Waals surface area contributed by atoms with Crippen molar-refractivity contribution in [3.05, 3.63) is 83.0 Å². The molecule has 0 atom stereocenters. The van der Waals surface area contributed by atoms with Gasteiger partial charge in [0.15, 0.2) is 5.13 Å². The van der Waals surface area contributed by atoms with E-state index >= 15 is 0 Å². The third-order valence-electron chi connectivity index (χ3n) is 4.22. The van der Waals surface area contributed by atoms with Crippen LogP contribution in [0.4, 0.5) is 10.8 Å². The third kappa shape index (κ3) is 3.39. The van der Waals surface area contributed by atoms with Gasteiger partial charge in [-0.15, -0.1) is 11.3 Å². The molecule has 0 radical (unpaired) electrons. The van der Waals surface area contributed by atoms with E-state index in [0.717, 1.165) is 16.8 Å². The molecule has 3 aromatic rings. The van der Waals surface area contributed by atoms with E-state index in [4.69, 9.17) is 0 Å². The van der Waals surface area contributed by atoms with Crippen LogP contribution in [0, 0.1) is 0 Å². The molecule has 0 aliphatic carbocycles. The van der Waals surface area contributed by atoms with Crippen LogP contribution in [0.1, 0.15) is 11.1 Å². The summed E-state index contributed by atoms with van der Waals surface area (Å²) in [4.78, 5) is 25.6. The van der Waals surface area contributed by atoms with E-state index in [1.807, 2.05) is 85.0 Å². The highest BCUT2D eigenvalue weighted by molar-refractivity contribution is 7.14. The number of carbonyl (C=O) groups excluding carboxylic acids is 1. The van der Waals surface area contributed by atoms with Gasteiger partial charge in [0.05, 0.1) is 0 Å². The Morgan fingerprint density at radius 2 is 1.78 bits per heavy atom. The molecule has 1 aliphatic rings. The Morgan fingerprint density at radius 1 is 1.04 bits per heavy atom. The molecule has 0 saturated heterocycles. The third-order valence-corrected chi connectivity index (χ3v) is 4.97. The SMILES string of the molecule is CN(C)c1ccc(/C=C2\N=C(c3ccccc3)N(c3nccs3)C2=O)cc1. The first kappa shape index (κ1) is 17.2. The molecule has 0 spiro atoms. The topological polar surface area (TPSA) is 48.8 Å². The van der Waals surface area contributed by atoms with Crippen molar-refractivity contribution in [1.82, 2.24) is 4.98 Å². The van der Waals surface area contributed by atoms with Crippen molar-refractivity contribution in [3.8, 4) is 0 Å². The van der Waals surface area contributed by atoms with Gasteiger partial charge >= 0.3 is 0 Å². The lowest BCUT2D eigenvalue weighted by Gasteiger charge is -2.14. The molecule has 27 heavy (non-hydrogen) atoms. The van der Waals surface area contributed by atoms with Crippen LogP contribution in [0.25, 0.3) is 6.08 Å². The van der Waals surface area contributed by atoms with E-state index in [0.29, 0.717) is 16.7 Å². The minimum Gasteiger partial charge on any atom is -0.378 e. The molecule has 5 nitrogen and oxygen atoms in total. The van der Waals surface area contributed by atoms with Crippen LogP contribution < -0.4 is 9.80 Å². The number of benzene rings is 2. The van der Waals surface area contributed by atoms with Crippen LogP contribution in [0.5, 0.6) is 0 Å². The van der Waals surface area contributed by atoms with Crippen LogP contribution >= 0.6 is 11.3 Å². The fraction of sp³-hybridized carbons (Fsp3) is 0.0952. The molecule has 1 amide bonds. The molecule has 2 heterocycles. The lowest BCUT2D eigenvalue weighted by molar-refractivity contribution is -0.113. The van der Waals surface area contributed by atoms with Gasteiger partial charge in [0.25, 0.3) is 5.91 Å². The summed E-state index contributed by atoms with van der Waals surface area (Å²) < 4.78 is 0. The number of rotatable bonds is 4. The Hall–Kier alpha value is -3.25. The molecule has 0 N–H and O–H groups in total. The molecule has 1 aromatic heterocycles. The van der Waals surface area contributed by atoms with Gasteiger partial charge in [0.1, 0.15) is 11.5 Å². The van der Waals surface area contributed by atoms with Crippen molar-refractivity contribution in [2.24, 2.45) is 4.99 Å². The Kier molecular flexibility index (Phi) is 4.56. The number of thiazole rings is 1. The van der Waals surface area contributed by atoms with Gasteiger partial charge in [-0.3, -0.25) is 4.79 Å². The fourth-order valence-electron chi connectivity index (χ4n) is 2.83. The fourth-order valence-corrected chi connectivity index (χ4v) is 3.47. The second kappa shape index (κ2) is 7.17. The first-order valence-corrected chi connectivity index (χ1v) is 9.38. The average molecular weight is 374 g/mol. The molecular formula is C21H18N4OS. The molecule has 0 bridgehead atoms. The number of anilines is 2. The van der Waals surface area contributed by atoms with Crippen LogP contribution in [0.3, 0.4) is 0 Å². The van der Waals surface area contributed by atoms with Crippen molar-refractivity contribution in [2.45, 2.75) is 0 Å². The van der Waals surface area contributed by atoms with Gasteiger partial charge in [0, 0.05) is 36.9 Å². The van der Waals surface area contributed by atoms with Gasteiger partial charge in [-0.05, 0) is 23.8 Å². The van der Waals surface area contributed by atoms with Gasteiger partial charge in [-0.2, -0.15) is 0 Å². The summed E-state index contributed by atoms with van der Waals surface area (Å²) in [7, 11) is 3.99. The predicted molar refractivity (Wildman–Crippen MR) is 111 cm³/mol. The highest BCUT2D eigenvalue weighted by atomic mass is 32.1. The van der Waals surface area contributed by atoms with Crippen LogP contribution in [0.2, 0.25) is 0 Å². The number of amides is 1. The number of hydrogen-bond donors (Lipinski definition) is 0. The Morgan fingerprint density at radius 3 is 2.41 bits per heavy atom. The zero-order valence-corrected chi connectivity index (χ0v) is 15.9. The molecule has 6 heteroatoms. The summed E-state index contributed by atoms with van der Waals surface area (Å²) in [6.45, 7) is 0. The Labute approximate surface area is 161 Å². The maximum absolute atomic E-state index is 13.1. The molecule has 134 valence electrons. The molecular weight excluding hydrogens is 356 g/mol. The molecule has 0 fully saturated rings. The summed E-state index contributed by atoms with van der Waals surface area (Å²) in [6, 6.07) is 17.7. The van der Waals surface area contributed by atoms with Crippen molar-refractivity contribution in [1.29, 1.82) is 0 Å². The summed E-state index contributed by atoms with van der Waals surface area (Å²) in [5, 5.41) is 2.47. The zero-order chi connectivity index (χ0) is 18.8. The predicted octanol–water partition coefficient (Wildman–Crippen LogP) is 4.04. The lowest BCUT2D eigenvalue weighted by atomic mass is 10.1. The number of hydrogen-bond acceptors (Lipinski definition) is 5. The maximum Gasteiger partial charge on any atom is 0.284 e. The van der Waals surface area contributed by atoms with E-state index in [-0.39, 0.29) is 5.91 Å². The standard InChI is InChI=1S/C21H18N4OS/c1-24(2)17-10-8-15(9-11-17)14-18-20(26)25(21-22-12-13-27-21)19(23-18)16-6-4-3-5-7-16/h3-14H,1-2H3/b18-14-. The normalized spacial score (nSPS) is 15.3.